The van der Waals surface area contributed by atoms with Crippen LogP contribution in [0.4, 0.5) is 13.2 Å². The second-order valence-electron chi connectivity index (χ2n) is 6.61. The Morgan fingerprint density at radius 3 is 1.33 bits per heavy atom. The summed E-state index contributed by atoms with van der Waals surface area (Å²) in [6.07, 6.45) is -0.265. The first-order chi connectivity index (χ1) is 12.7. The molecule has 0 spiro atoms. The highest BCUT2D eigenvalue weighted by molar-refractivity contribution is 5.39. The Bertz CT molecular complexity index is 543. The smallest absolute Gasteiger partial charge is 0.172 e. The van der Waals surface area contributed by atoms with Gasteiger partial charge in [-0.2, -0.15) is 13.2 Å². The van der Waals surface area contributed by atoms with Crippen molar-refractivity contribution >= 4 is 0 Å². The van der Waals surface area contributed by atoms with Crippen LogP contribution < -0.4 is 0 Å². The second-order valence-corrected chi connectivity index (χ2v) is 6.61. The molecule has 1 atom stereocenters. The fraction of sp³-hybridized carbons (Fsp3) is 0.500. The highest BCUT2D eigenvalue weighted by Gasteiger charge is 2.35. The van der Waals surface area contributed by atoms with Crippen LogP contribution in [0, 0.1) is 5.92 Å². The summed E-state index contributed by atoms with van der Waals surface area (Å²) < 4.78 is 31.1. The summed E-state index contributed by atoms with van der Waals surface area (Å²) in [5, 5.41) is 0. The van der Waals surface area contributed by atoms with E-state index in [2.05, 4.69) is 81.4 Å². The standard InChI is InChI=1S/C20H26.C2H3F3.C2H6/c1-4-12-17(5-2)20(3,18-13-8-6-9-14-18)19-15-10-7-11-16-19;1-2(3,4)5;1-2/h6-11,13-17H,4-5,12H2,1-3H3;1H3;1-2H3. The predicted molar refractivity (Wildman–Crippen MR) is 111 cm³/mol. The van der Waals surface area contributed by atoms with Gasteiger partial charge in [-0.1, -0.05) is 108 Å². The number of rotatable bonds is 6. The predicted octanol–water partition coefficient (Wildman–Crippen LogP) is 8.41. The van der Waals surface area contributed by atoms with Crippen LogP contribution in [0.1, 0.15) is 71.9 Å². The van der Waals surface area contributed by atoms with Crippen LogP contribution in [0.25, 0.3) is 0 Å². The van der Waals surface area contributed by atoms with Crippen molar-refractivity contribution in [3.8, 4) is 0 Å². The van der Waals surface area contributed by atoms with Crippen LogP contribution in [0.15, 0.2) is 60.7 Å². The minimum atomic E-state index is -4.00. The van der Waals surface area contributed by atoms with Crippen molar-refractivity contribution in [2.75, 3.05) is 0 Å². The fourth-order valence-electron chi connectivity index (χ4n) is 3.46. The van der Waals surface area contributed by atoms with Gasteiger partial charge in [-0.25, -0.2) is 0 Å². The zero-order valence-electron chi connectivity index (χ0n) is 17.6. The molecule has 0 nitrogen and oxygen atoms in total. The van der Waals surface area contributed by atoms with Gasteiger partial charge in [0.05, 0.1) is 0 Å². The third kappa shape index (κ3) is 8.64. The molecule has 2 aromatic rings. The maximum atomic E-state index is 10.4. The average molecular weight is 381 g/mol. The van der Waals surface area contributed by atoms with E-state index < -0.39 is 6.18 Å². The highest BCUT2D eigenvalue weighted by Crippen LogP contribution is 2.42. The molecule has 27 heavy (non-hydrogen) atoms. The molecule has 0 aromatic heterocycles. The van der Waals surface area contributed by atoms with E-state index in [1.807, 2.05) is 13.8 Å². The monoisotopic (exact) mass is 380 g/mol. The van der Waals surface area contributed by atoms with Gasteiger partial charge in [0.25, 0.3) is 0 Å². The van der Waals surface area contributed by atoms with E-state index in [0.29, 0.717) is 5.92 Å². The third-order valence-electron chi connectivity index (χ3n) is 4.69. The van der Waals surface area contributed by atoms with E-state index in [-0.39, 0.29) is 12.3 Å². The minimum absolute atomic E-state index is 0.104. The largest absolute Gasteiger partial charge is 0.386 e. The fourth-order valence-corrected chi connectivity index (χ4v) is 3.46. The van der Waals surface area contributed by atoms with E-state index in [1.54, 1.807) is 0 Å². The maximum Gasteiger partial charge on any atom is 0.386 e. The molecule has 0 radical (unpaired) electrons. The molecule has 0 aliphatic rings. The van der Waals surface area contributed by atoms with Crippen molar-refractivity contribution in [3.05, 3.63) is 71.8 Å². The summed E-state index contributed by atoms with van der Waals surface area (Å²) in [7, 11) is 0. The van der Waals surface area contributed by atoms with Crippen molar-refractivity contribution in [2.45, 2.75) is 72.4 Å². The first-order valence-corrected chi connectivity index (χ1v) is 9.91. The van der Waals surface area contributed by atoms with Gasteiger partial charge < -0.3 is 0 Å². The summed E-state index contributed by atoms with van der Waals surface area (Å²) >= 11 is 0. The molecule has 0 aliphatic heterocycles. The normalized spacial score (nSPS) is 12.2. The molecule has 2 rings (SSSR count). The SMILES string of the molecule is CC.CC(F)(F)F.CCCC(CC)C(C)(c1ccccc1)c1ccccc1. The van der Waals surface area contributed by atoms with Crippen molar-refractivity contribution in [1.29, 1.82) is 0 Å². The number of hydrogen-bond donors (Lipinski definition) is 0. The van der Waals surface area contributed by atoms with Crippen molar-refractivity contribution < 1.29 is 13.2 Å². The molecule has 0 heterocycles. The summed E-state index contributed by atoms with van der Waals surface area (Å²) in [5.41, 5.74) is 2.98. The number of hydrogen-bond acceptors (Lipinski definition) is 0. The molecule has 0 aliphatic carbocycles. The van der Waals surface area contributed by atoms with E-state index >= 15 is 0 Å². The van der Waals surface area contributed by atoms with Crippen molar-refractivity contribution in [2.24, 2.45) is 5.92 Å². The lowest BCUT2D eigenvalue weighted by Gasteiger charge is -2.39. The van der Waals surface area contributed by atoms with Gasteiger partial charge in [-0.15, -0.1) is 0 Å². The van der Waals surface area contributed by atoms with Crippen molar-refractivity contribution in [3.63, 3.8) is 0 Å². The van der Waals surface area contributed by atoms with Gasteiger partial charge in [0.15, 0.2) is 0 Å². The van der Waals surface area contributed by atoms with Crippen LogP contribution in [-0.2, 0) is 5.41 Å². The quantitative estimate of drug-likeness (QED) is 0.472. The molecule has 3 heteroatoms. The molecule has 2 aromatic carbocycles. The zero-order chi connectivity index (χ0) is 20.9. The van der Waals surface area contributed by atoms with Crippen LogP contribution in [0.3, 0.4) is 0 Å². The molecule has 1 unspecified atom stereocenters. The van der Waals surface area contributed by atoms with Crippen LogP contribution >= 0.6 is 0 Å². The number of alkyl halides is 3. The third-order valence-corrected chi connectivity index (χ3v) is 4.69. The highest BCUT2D eigenvalue weighted by atomic mass is 19.4. The van der Waals surface area contributed by atoms with Gasteiger partial charge in [-0.3, -0.25) is 0 Å². The molecule has 0 N–H and O–H groups in total. The van der Waals surface area contributed by atoms with Gasteiger partial charge in [-0.05, 0) is 23.5 Å². The summed E-state index contributed by atoms with van der Waals surface area (Å²) in [6, 6.07) is 22.0. The Morgan fingerprint density at radius 2 is 1.07 bits per heavy atom. The first-order valence-electron chi connectivity index (χ1n) is 9.91. The molecule has 0 amide bonds. The van der Waals surface area contributed by atoms with Gasteiger partial charge in [0.1, 0.15) is 0 Å². The van der Waals surface area contributed by atoms with Gasteiger partial charge in [0, 0.05) is 12.3 Å². The molecule has 0 saturated carbocycles. The number of benzene rings is 2. The van der Waals surface area contributed by atoms with Gasteiger partial charge >= 0.3 is 6.18 Å². The minimum Gasteiger partial charge on any atom is -0.172 e. The molecule has 0 saturated heterocycles. The maximum absolute atomic E-state index is 10.4. The molecular weight excluding hydrogens is 345 g/mol. The van der Waals surface area contributed by atoms with Crippen LogP contribution in [0.2, 0.25) is 0 Å². The molecule has 0 bridgehead atoms. The summed E-state index contributed by atoms with van der Waals surface area (Å²) in [6.45, 7) is 11.2. The van der Waals surface area contributed by atoms with E-state index in [1.165, 1.54) is 30.4 Å². The Kier molecular flexibility index (Phi) is 11.8. The topological polar surface area (TPSA) is 0 Å². The Labute approximate surface area is 163 Å². The van der Waals surface area contributed by atoms with E-state index in [0.717, 1.165) is 0 Å². The Morgan fingerprint density at radius 1 is 0.741 bits per heavy atom. The molecule has 0 fully saturated rings. The lowest BCUT2D eigenvalue weighted by Crippen LogP contribution is -2.33. The van der Waals surface area contributed by atoms with Gasteiger partial charge in [0.2, 0.25) is 0 Å². The lowest BCUT2D eigenvalue weighted by atomic mass is 9.65. The number of halogens is 3. The Balaban J connectivity index is 0.000000838. The summed E-state index contributed by atoms with van der Waals surface area (Å²) in [5.74, 6) is 0.678. The first kappa shape index (κ1) is 25.2. The van der Waals surface area contributed by atoms with Crippen molar-refractivity contribution in [1.82, 2.24) is 0 Å². The van der Waals surface area contributed by atoms with Crippen LogP contribution in [-0.4, -0.2) is 6.18 Å². The molecular formula is C24H35F3. The summed E-state index contributed by atoms with van der Waals surface area (Å²) in [4.78, 5) is 0. The second kappa shape index (κ2) is 12.6. The molecule has 152 valence electrons. The zero-order valence-corrected chi connectivity index (χ0v) is 17.6. The van der Waals surface area contributed by atoms with Crippen LogP contribution in [0.5, 0.6) is 0 Å². The van der Waals surface area contributed by atoms with E-state index in [4.69, 9.17) is 0 Å². The lowest BCUT2D eigenvalue weighted by molar-refractivity contribution is -0.110. The Hall–Kier alpha value is -1.77. The van der Waals surface area contributed by atoms with E-state index in [9.17, 15) is 13.2 Å². The average Bonchev–Trinajstić information content (AvgIpc) is 2.67.